The van der Waals surface area contributed by atoms with E-state index in [9.17, 15) is 4.79 Å². The number of nitrogens with zero attached hydrogens (tertiary/aromatic N) is 1. The zero-order valence-corrected chi connectivity index (χ0v) is 8.73. The molecular formula is C12H16N2O. The molecule has 0 spiro atoms. The second kappa shape index (κ2) is 4.94. The number of amides is 1. The number of carbonyl (C=O) groups is 1. The SMILES string of the molecule is O=CN1CCNC(Cc2ccccc2)C1. The lowest BCUT2D eigenvalue weighted by atomic mass is 10.0. The van der Waals surface area contributed by atoms with Crippen molar-refractivity contribution in [2.45, 2.75) is 12.5 Å². The number of rotatable bonds is 3. The Morgan fingerprint density at radius 3 is 2.93 bits per heavy atom. The highest BCUT2D eigenvalue weighted by Gasteiger charge is 2.17. The van der Waals surface area contributed by atoms with Gasteiger partial charge in [-0.1, -0.05) is 30.3 Å². The van der Waals surface area contributed by atoms with Gasteiger partial charge in [0, 0.05) is 25.7 Å². The van der Waals surface area contributed by atoms with Crippen molar-refractivity contribution in [2.75, 3.05) is 19.6 Å². The Bertz CT molecular complexity index is 313. The summed E-state index contributed by atoms with van der Waals surface area (Å²) in [5.74, 6) is 0. The van der Waals surface area contributed by atoms with Crippen LogP contribution in [0.15, 0.2) is 30.3 Å². The molecule has 1 aliphatic heterocycles. The predicted octanol–water partition coefficient (Wildman–Crippen LogP) is 0.659. The molecule has 1 amide bonds. The highest BCUT2D eigenvalue weighted by atomic mass is 16.1. The average molecular weight is 204 g/mol. The van der Waals surface area contributed by atoms with E-state index in [2.05, 4.69) is 29.6 Å². The van der Waals surface area contributed by atoms with E-state index >= 15 is 0 Å². The molecule has 0 radical (unpaired) electrons. The van der Waals surface area contributed by atoms with E-state index in [1.54, 1.807) is 0 Å². The minimum atomic E-state index is 0.395. The number of benzene rings is 1. The van der Waals surface area contributed by atoms with E-state index < -0.39 is 0 Å². The molecule has 1 saturated heterocycles. The van der Waals surface area contributed by atoms with E-state index in [1.165, 1.54) is 5.56 Å². The number of hydrogen-bond acceptors (Lipinski definition) is 2. The number of hydrogen-bond donors (Lipinski definition) is 1. The average Bonchev–Trinajstić information content (AvgIpc) is 2.31. The molecule has 1 fully saturated rings. The summed E-state index contributed by atoms with van der Waals surface area (Å²) in [4.78, 5) is 12.5. The molecule has 1 aliphatic rings. The molecular weight excluding hydrogens is 188 g/mol. The van der Waals surface area contributed by atoms with Crippen molar-refractivity contribution in [1.29, 1.82) is 0 Å². The first kappa shape index (κ1) is 10.2. The molecule has 3 heteroatoms. The van der Waals surface area contributed by atoms with E-state index in [-0.39, 0.29) is 0 Å². The molecule has 1 aromatic rings. The van der Waals surface area contributed by atoms with Crippen molar-refractivity contribution in [3.63, 3.8) is 0 Å². The predicted molar refractivity (Wildman–Crippen MR) is 59.6 cm³/mol. The largest absolute Gasteiger partial charge is 0.342 e. The van der Waals surface area contributed by atoms with Crippen LogP contribution in [-0.2, 0) is 11.2 Å². The van der Waals surface area contributed by atoms with Crippen molar-refractivity contribution in [3.8, 4) is 0 Å². The van der Waals surface area contributed by atoms with Crippen LogP contribution in [0.2, 0.25) is 0 Å². The molecule has 1 atom stereocenters. The summed E-state index contributed by atoms with van der Waals surface area (Å²) in [6.07, 6.45) is 1.93. The fraction of sp³-hybridized carbons (Fsp3) is 0.417. The Morgan fingerprint density at radius 2 is 2.20 bits per heavy atom. The maximum atomic E-state index is 10.7. The van der Waals surface area contributed by atoms with Crippen LogP contribution in [0.3, 0.4) is 0 Å². The molecule has 1 aromatic carbocycles. The molecule has 0 saturated carbocycles. The third-order valence-electron chi connectivity index (χ3n) is 2.76. The van der Waals surface area contributed by atoms with E-state index in [1.807, 2.05) is 11.0 Å². The first-order valence-electron chi connectivity index (χ1n) is 5.35. The van der Waals surface area contributed by atoms with Crippen LogP contribution in [0, 0.1) is 0 Å². The van der Waals surface area contributed by atoms with Gasteiger partial charge in [0.15, 0.2) is 0 Å². The lowest BCUT2D eigenvalue weighted by Crippen LogP contribution is -2.50. The minimum absolute atomic E-state index is 0.395. The van der Waals surface area contributed by atoms with Gasteiger partial charge in [0.25, 0.3) is 0 Å². The first-order valence-corrected chi connectivity index (χ1v) is 5.35. The smallest absolute Gasteiger partial charge is 0.209 e. The highest BCUT2D eigenvalue weighted by Crippen LogP contribution is 2.06. The Hall–Kier alpha value is -1.35. The molecule has 2 rings (SSSR count). The number of nitrogens with one attached hydrogen (secondary N) is 1. The number of piperazine rings is 1. The summed E-state index contributed by atoms with van der Waals surface area (Å²) in [5, 5.41) is 3.43. The Labute approximate surface area is 90.1 Å². The lowest BCUT2D eigenvalue weighted by molar-refractivity contribution is -0.119. The fourth-order valence-electron chi connectivity index (χ4n) is 1.98. The van der Waals surface area contributed by atoms with Gasteiger partial charge in [-0.25, -0.2) is 0 Å². The first-order chi connectivity index (χ1) is 7.38. The molecule has 1 unspecified atom stereocenters. The second-order valence-corrected chi connectivity index (χ2v) is 3.94. The summed E-state index contributed by atoms with van der Waals surface area (Å²) in [6.45, 7) is 2.55. The molecule has 0 aliphatic carbocycles. The third kappa shape index (κ3) is 2.80. The topological polar surface area (TPSA) is 32.3 Å². The maximum absolute atomic E-state index is 10.7. The van der Waals surface area contributed by atoms with E-state index in [0.717, 1.165) is 32.5 Å². The van der Waals surface area contributed by atoms with Gasteiger partial charge in [0.1, 0.15) is 0 Å². The molecule has 80 valence electrons. The van der Waals surface area contributed by atoms with Crippen LogP contribution in [0.1, 0.15) is 5.56 Å². The standard InChI is InChI=1S/C12H16N2O/c15-10-14-7-6-13-12(9-14)8-11-4-2-1-3-5-11/h1-5,10,12-13H,6-9H2. The maximum Gasteiger partial charge on any atom is 0.209 e. The second-order valence-electron chi connectivity index (χ2n) is 3.94. The zero-order chi connectivity index (χ0) is 10.5. The van der Waals surface area contributed by atoms with Gasteiger partial charge < -0.3 is 10.2 Å². The molecule has 0 bridgehead atoms. The van der Waals surface area contributed by atoms with Gasteiger partial charge in [-0.05, 0) is 12.0 Å². The van der Waals surface area contributed by atoms with Crippen molar-refractivity contribution in [1.82, 2.24) is 10.2 Å². The third-order valence-corrected chi connectivity index (χ3v) is 2.76. The molecule has 0 aromatic heterocycles. The van der Waals surface area contributed by atoms with Gasteiger partial charge in [0.2, 0.25) is 6.41 Å². The quantitative estimate of drug-likeness (QED) is 0.734. The summed E-state index contributed by atoms with van der Waals surface area (Å²) in [6, 6.07) is 10.8. The Kier molecular flexibility index (Phi) is 3.35. The van der Waals surface area contributed by atoms with Crippen molar-refractivity contribution in [3.05, 3.63) is 35.9 Å². The fourth-order valence-corrected chi connectivity index (χ4v) is 1.98. The molecule has 15 heavy (non-hydrogen) atoms. The van der Waals surface area contributed by atoms with Crippen LogP contribution in [0.4, 0.5) is 0 Å². The molecule has 1 heterocycles. The van der Waals surface area contributed by atoms with Gasteiger partial charge >= 0.3 is 0 Å². The van der Waals surface area contributed by atoms with Gasteiger partial charge in [0.05, 0.1) is 0 Å². The van der Waals surface area contributed by atoms with Crippen molar-refractivity contribution < 1.29 is 4.79 Å². The Morgan fingerprint density at radius 1 is 1.40 bits per heavy atom. The lowest BCUT2D eigenvalue weighted by Gasteiger charge is -2.31. The Balaban J connectivity index is 1.92. The summed E-state index contributed by atoms with van der Waals surface area (Å²) >= 11 is 0. The van der Waals surface area contributed by atoms with Crippen LogP contribution >= 0.6 is 0 Å². The van der Waals surface area contributed by atoms with Crippen LogP contribution in [0.5, 0.6) is 0 Å². The highest BCUT2D eigenvalue weighted by molar-refractivity contribution is 5.47. The normalized spacial score (nSPS) is 21.3. The summed E-state index contributed by atoms with van der Waals surface area (Å²) in [7, 11) is 0. The molecule has 3 nitrogen and oxygen atoms in total. The van der Waals surface area contributed by atoms with Crippen LogP contribution in [-0.4, -0.2) is 37.0 Å². The monoisotopic (exact) mass is 204 g/mol. The molecule has 1 N–H and O–H groups in total. The number of carbonyl (C=O) groups excluding carboxylic acids is 1. The van der Waals surface area contributed by atoms with E-state index in [0.29, 0.717) is 6.04 Å². The van der Waals surface area contributed by atoms with Crippen LogP contribution < -0.4 is 5.32 Å². The summed E-state index contributed by atoms with van der Waals surface area (Å²) in [5.41, 5.74) is 1.32. The van der Waals surface area contributed by atoms with E-state index in [4.69, 9.17) is 0 Å². The minimum Gasteiger partial charge on any atom is -0.342 e. The van der Waals surface area contributed by atoms with Gasteiger partial charge in [-0.15, -0.1) is 0 Å². The van der Waals surface area contributed by atoms with Crippen molar-refractivity contribution in [2.24, 2.45) is 0 Å². The van der Waals surface area contributed by atoms with Crippen LogP contribution in [0.25, 0.3) is 0 Å². The van der Waals surface area contributed by atoms with Crippen molar-refractivity contribution >= 4 is 6.41 Å². The summed E-state index contributed by atoms with van der Waals surface area (Å²) < 4.78 is 0. The zero-order valence-electron chi connectivity index (χ0n) is 8.73. The van der Waals surface area contributed by atoms with Gasteiger partial charge in [-0.3, -0.25) is 4.79 Å². The van der Waals surface area contributed by atoms with Gasteiger partial charge in [-0.2, -0.15) is 0 Å².